The Labute approximate surface area is 157 Å². The predicted octanol–water partition coefficient (Wildman–Crippen LogP) is 4.82. The quantitative estimate of drug-likeness (QED) is 0.416. The largest absolute Gasteiger partial charge is 0.395 e. The van der Waals surface area contributed by atoms with Gasteiger partial charge in [-0.3, -0.25) is 0 Å². The molecule has 0 radical (unpaired) electrons. The van der Waals surface area contributed by atoms with Crippen molar-refractivity contribution in [2.24, 2.45) is 11.8 Å². The topological polar surface area (TPSA) is 57.6 Å². The molecule has 0 saturated heterocycles. The van der Waals surface area contributed by atoms with Gasteiger partial charge in [0.1, 0.15) is 0 Å². The highest BCUT2D eigenvalue weighted by Crippen LogP contribution is 2.27. The van der Waals surface area contributed by atoms with Crippen molar-refractivity contribution in [1.29, 1.82) is 0 Å². The molecule has 4 atom stereocenters. The zero-order chi connectivity index (χ0) is 19.5. The first-order valence-electron chi connectivity index (χ1n) is 10.4. The van der Waals surface area contributed by atoms with Crippen molar-refractivity contribution in [2.45, 2.75) is 104 Å². The van der Waals surface area contributed by atoms with Crippen molar-refractivity contribution < 1.29 is 13.5 Å². The second-order valence-electron chi connectivity index (χ2n) is 7.67. The lowest BCUT2D eigenvalue weighted by molar-refractivity contribution is 0.198. The summed E-state index contributed by atoms with van der Waals surface area (Å²) in [6.45, 7) is 12.9. The molecule has 0 heterocycles. The SMILES string of the molecule is CCCCCC(C)C(CC)N(CC(C)CCC)S(=O)(=O)C(CC)CO. The van der Waals surface area contributed by atoms with Crippen LogP contribution in [-0.4, -0.2) is 42.3 Å². The van der Waals surface area contributed by atoms with Gasteiger partial charge in [-0.25, -0.2) is 8.42 Å². The van der Waals surface area contributed by atoms with E-state index >= 15 is 0 Å². The Morgan fingerprint density at radius 2 is 1.56 bits per heavy atom. The van der Waals surface area contributed by atoms with Crippen molar-refractivity contribution >= 4 is 10.0 Å². The maximum absolute atomic E-state index is 13.2. The van der Waals surface area contributed by atoms with Crippen LogP contribution in [0.1, 0.15) is 92.9 Å². The molecule has 5 heteroatoms. The summed E-state index contributed by atoms with van der Waals surface area (Å²) in [5.74, 6) is 0.684. The fourth-order valence-corrected chi connectivity index (χ4v) is 5.93. The molecule has 1 N–H and O–H groups in total. The van der Waals surface area contributed by atoms with E-state index in [1.807, 2.05) is 6.92 Å². The summed E-state index contributed by atoms with van der Waals surface area (Å²) in [4.78, 5) is 0. The van der Waals surface area contributed by atoms with E-state index in [2.05, 4.69) is 34.6 Å². The molecule has 0 aliphatic heterocycles. The molecule has 152 valence electrons. The molecule has 25 heavy (non-hydrogen) atoms. The summed E-state index contributed by atoms with van der Waals surface area (Å²) in [5.41, 5.74) is 0. The van der Waals surface area contributed by atoms with Crippen LogP contribution in [0.5, 0.6) is 0 Å². The average molecular weight is 378 g/mol. The molecular weight excluding hydrogens is 334 g/mol. The molecule has 0 aromatic heterocycles. The van der Waals surface area contributed by atoms with Gasteiger partial charge in [-0.2, -0.15) is 4.31 Å². The summed E-state index contributed by atoms with van der Waals surface area (Å²) < 4.78 is 28.2. The number of hydrogen-bond donors (Lipinski definition) is 1. The average Bonchev–Trinajstić information content (AvgIpc) is 2.56. The summed E-state index contributed by atoms with van der Waals surface area (Å²) in [6, 6.07) is 0.0294. The van der Waals surface area contributed by atoms with Crippen molar-refractivity contribution in [2.75, 3.05) is 13.2 Å². The van der Waals surface area contributed by atoms with Gasteiger partial charge in [0.15, 0.2) is 0 Å². The molecule has 0 aliphatic rings. The molecule has 0 amide bonds. The maximum Gasteiger partial charge on any atom is 0.219 e. The highest BCUT2D eigenvalue weighted by atomic mass is 32.2. The molecule has 0 rings (SSSR count). The Kier molecular flexibility index (Phi) is 13.0. The van der Waals surface area contributed by atoms with Crippen LogP contribution in [-0.2, 0) is 10.0 Å². The minimum absolute atomic E-state index is 0.0294. The smallest absolute Gasteiger partial charge is 0.219 e. The molecule has 0 aromatic carbocycles. The molecule has 4 nitrogen and oxygen atoms in total. The van der Waals surface area contributed by atoms with Gasteiger partial charge in [0.25, 0.3) is 0 Å². The third kappa shape index (κ3) is 7.96. The number of hydrogen-bond acceptors (Lipinski definition) is 3. The van der Waals surface area contributed by atoms with E-state index in [1.54, 1.807) is 4.31 Å². The number of unbranched alkanes of at least 4 members (excludes halogenated alkanes) is 2. The maximum atomic E-state index is 13.2. The molecule has 0 spiro atoms. The van der Waals surface area contributed by atoms with Gasteiger partial charge in [0.2, 0.25) is 10.0 Å². The van der Waals surface area contributed by atoms with E-state index in [1.165, 1.54) is 12.8 Å². The number of rotatable bonds is 15. The monoisotopic (exact) mass is 377 g/mol. The first kappa shape index (κ1) is 24.9. The van der Waals surface area contributed by atoms with Crippen LogP contribution in [0.4, 0.5) is 0 Å². The molecular formula is C20H43NO3S. The molecule has 0 aromatic rings. The van der Waals surface area contributed by atoms with E-state index in [9.17, 15) is 13.5 Å². The number of nitrogens with zero attached hydrogens (tertiary/aromatic N) is 1. The van der Waals surface area contributed by atoms with Crippen LogP contribution >= 0.6 is 0 Å². The van der Waals surface area contributed by atoms with Crippen LogP contribution in [0, 0.1) is 11.8 Å². The first-order chi connectivity index (χ1) is 11.8. The van der Waals surface area contributed by atoms with Crippen molar-refractivity contribution in [3.8, 4) is 0 Å². The molecule has 0 aliphatic carbocycles. The van der Waals surface area contributed by atoms with Crippen LogP contribution in [0.3, 0.4) is 0 Å². The summed E-state index contributed by atoms with van der Waals surface area (Å²) in [6.07, 6.45) is 7.98. The predicted molar refractivity (Wildman–Crippen MR) is 108 cm³/mol. The standard InChI is InChI=1S/C20H43NO3S/c1-7-11-12-14-18(6)20(10-4)21(15-17(5)13-8-2)25(23,24)19(9-3)16-22/h17-20,22H,7-16H2,1-6H3. The summed E-state index contributed by atoms with van der Waals surface area (Å²) >= 11 is 0. The first-order valence-corrected chi connectivity index (χ1v) is 11.9. The second kappa shape index (κ2) is 13.1. The highest BCUT2D eigenvalue weighted by Gasteiger charge is 2.37. The van der Waals surface area contributed by atoms with Gasteiger partial charge in [-0.05, 0) is 37.5 Å². The Bertz CT molecular complexity index is 421. The van der Waals surface area contributed by atoms with Gasteiger partial charge in [0, 0.05) is 12.6 Å². The fraction of sp³-hybridized carbons (Fsp3) is 1.00. The molecule has 0 saturated carbocycles. The number of aliphatic hydroxyl groups excluding tert-OH is 1. The van der Waals surface area contributed by atoms with E-state index in [4.69, 9.17) is 0 Å². The number of aliphatic hydroxyl groups is 1. The van der Waals surface area contributed by atoms with Gasteiger partial charge in [-0.15, -0.1) is 0 Å². The van der Waals surface area contributed by atoms with Crippen molar-refractivity contribution in [3.63, 3.8) is 0 Å². The second-order valence-corrected chi connectivity index (χ2v) is 9.84. The van der Waals surface area contributed by atoms with E-state index < -0.39 is 15.3 Å². The number of sulfonamides is 1. The Morgan fingerprint density at radius 3 is 2.00 bits per heavy atom. The Morgan fingerprint density at radius 1 is 0.920 bits per heavy atom. The lowest BCUT2D eigenvalue weighted by atomic mass is 9.93. The summed E-state index contributed by atoms with van der Waals surface area (Å²) in [7, 11) is -3.48. The lowest BCUT2D eigenvalue weighted by Crippen LogP contribution is -2.50. The van der Waals surface area contributed by atoms with Gasteiger partial charge in [-0.1, -0.05) is 67.2 Å². The zero-order valence-electron chi connectivity index (χ0n) is 17.5. The highest BCUT2D eigenvalue weighted by molar-refractivity contribution is 7.89. The van der Waals surface area contributed by atoms with E-state index in [0.717, 1.165) is 32.1 Å². The van der Waals surface area contributed by atoms with Crippen LogP contribution in [0.25, 0.3) is 0 Å². The van der Waals surface area contributed by atoms with E-state index in [0.29, 0.717) is 24.8 Å². The normalized spacial score (nSPS) is 17.4. The van der Waals surface area contributed by atoms with Gasteiger partial charge in [0.05, 0.1) is 11.9 Å². The third-order valence-electron chi connectivity index (χ3n) is 5.39. The van der Waals surface area contributed by atoms with Crippen LogP contribution in [0.15, 0.2) is 0 Å². The van der Waals surface area contributed by atoms with Crippen molar-refractivity contribution in [3.05, 3.63) is 0 Å². The molecule has 4 unspecified atom stereocenters. The Balaban J connectivity index is 5.51. The van der Waals surface area contributed by atoms with Gasteiger partial charge >= 0.3 is 0 Å². The van der Waals surface area contributed by atoms with Crippen molar-refractivity contribution in [1.82, 2.24) is 4.31 Å². The van der Waals surface area contributed by atoms with Crippen LogP contribution < -0.4 is 0 Å². The third-order valence-corrected chi connectivity index (χ3v) is 7.79. The van der Waals surface area contributed by atoms with Crippen LogP contribution in [0.2, 0.25) is 0 Å². The fourth-order valence-electron chi connectivity index (χ4n) is 3.74. The van der Waals surface area contributed by atoms with Gasteiger partial charge < -0.3 is 5.11 Å². The molecule has 0 fully saturated rings. The zero-order valence-corrected chi connectivity index (χ0v) is 18.3. The minimum Gasteiger partial charge on any atom is -0.395 e. The Hall–Kier alpha value is -0.130. The van der Waals surface area contributed by atoms with E-state index in [-0.39, 0.29) is 12.6 Å². The minimum atomic E-state index is -3.48. The molecule has 0 bridgehead atoms. The summed E-state index contributed by atoms with van der Waals surface area (Å²) in [5, 5.41) is 8.93. The lowest BCUT2D eigenvalue weighted by Gasteiger charge is -2.38.